The van der Waals surface area contributed by atoms with Crippen molar-refractivity contribution in [3.8, 4) is 0 Å². The Hall–Kier alpha value is -1.17. The van der Waals surface area contributed by atoms with E-state index in [1.807, 2.05) is 11.3 Å². The Morgan fingerprint density at radius 3 is 2.87 bits per heavy atom. The first kappa shape index (κ1) is 16.7. The maximum atomic E-state index is 12.5. The second-order valence-corrected chi connectivity index (χ2v) is 8.70. The van der Waals surface area contributed by atoms with E-state index in [-0.39, 0.29) is 17.5 Å². The van der Waals surface area contributed by atoms with Crippen LogP contribution in [0.2, 0.25) is 0 Å². The van der Waals surface area contributed by atoms with Gasteiger partial charge < -0.3 is 5.32 Å². The summed E-state index contributed by atoms with van der Waals surface area (Å²) in [7, 11) is 0. The molecule has 3 rings (SSSR count). The van der Waals surface area contributed by atoms with Crippen LogP contribution < -0.4 is 5.32 Å². The molecule has 0 saturated carbocycles. The molecule has 1 N–H and O–H groups in total. The second kappa shape index (κ2) is 6.75. The van der Waals surface area contributed by atoms with Gasteiger partial charge in [0.15, 0.2) is 0 Å². The molecule has 0 spiro atoms. The maximum Gasteiger partial charge on any atom is 0.234 e. The average Bonchev–Trinajstić information content (AvgIpc) is 3.17. The summed E-state index contributed by atoms with van der Waals surface area (Å²) in [5.41, 5.74) is 1.24. The van der Waals surface area contributed by atoms with Crippen LogP contribution in [0.25, 0.3) is 0 Å². The highest BCUT2D eigenvalue weighted by Gasteiger charge is 2.32. The average molecular weight is 349 g/mol. The number of carbonyl (C=O) groups excluding carboxylic acids is 1. The number of nitrogens with zero attached hydrogens (tertiary/aromatic N) is 1. The van der Waals surface area contributed by atoms with Crippen LogP contribution in [0.15, 0.2) is 29.0 Å². The molecule has 1 amide bonds. The van der Waals surface area contributed by atoms with Crippen LogP contribution in [0.4, 0.5) is 0 Å². The summed E-state index contributed by atoms with van der Waals surface area (Å²) in [4.78, 5) is 17.6. The molecule has 23 heavy (non-hydrogen) atoms. The fraction of sp³-hybridized carbons (Fsp3) is 0.500. The van der Waals surface area contributed by atoms with Gasteiger partial charge in [-0.2, -0.15) is 0 Å². The van der Waals surface area contributed by atoms with E-state index in [1.54, 1.807) is 11.3 Å². The molecular formula is C18H24N2OS2. The van der Waals surface area contributed by atoms with E-state index >= 15 is 0 Å². The largest absolute Gasteiger partial charge is 0.350 e. The third-order valence-corrected chi connectivity index (χ3v) is 6.51. The Bertz CT molecular complexity index is 660. The molecule has 0 saturated heterocycles. The molecule has 1 aliphatic heterocycles. The minimum absolute atomic E-state index is 0.122. The van der Waals surface area contributed by atoms with Gasteiger partial charge in [-0.3, -0.25) is 9.69 Å². The van der Waals surface area contributed by atoms with Gasteiger partial charge in [0.1, 0.15) is 0 Å². The molecule has 0 radical (unpaired) electrons. The van der Waals surface area contributed by atoms with Crippen molar-refractivity contribution in [1.29, 1.82) is 0 Å². The van der Waals surface area contributed by atoms with Crippen LogP contribution in [0.3, 0.4) is 0 Å². The predicted molar refractivity (Wildman–Crippen MR) is 98.3 cm³/mol. The molecule has 1 aliphatic rings. The Balaban J connectivity index is 1.80. The summed E-state index contributed by atoms with van der Waals surface area (Å²) < 4.78 is 0. The fourth-order valence-electron chi connectivity index (χ4n) is 3.01. The van der Waals surface area contributed by atoms with Crippen molar-refractivity contribution in [1.82, 2.24) is 10.2 Å². The predicted octanol–water partition coefficient (Wildman–Crippen LogP) is 4.06. The van der Waals surface area contributed by atoms with Crippen LogP contribution >= 0.6 is 22.7 Å². The highest BCUT2D eigenvalue weighted by Crippen LogP contribution is 2.39. The summed E-state index contributed by atoms with van der Waals surface area (Å²) in [6.45, 7) is 7.66. The molecule has 2 aromatic heterocycles. The van der Waals surface area contributed by atoms with E-state index < -0.39 is 0 Å². The molecule has 0 bridgehead atoms. The van der Waals surface area contributed by atoms with Crippen molar-refractivity contribution in [2.45, 2.75) is 45.2 Å². The van der Waals surface area contributed by atoms with Crippen molar-refractivity contribution in [3.63, 3.8) is 0 Å². The van der Waals surface area contributed by atoms with Crippen molar-refractivity contribution >= 4 is 28.6 Å². The molecular weight excluding hydrogens is 324 g/mol. The van der Waals surface area contributed by atoms with Gasteiger partial charge in [0.2, 0.25) is 5.91 Å². The van der Waals surface area contributed by atoms with Gasteiger partial charge in [-0.25, -0.2) is 0 Å². The minimum atomic E-state index is -0.140. The Morgan fingerprint density at radius 2 is 2.17 bits per heavy atom. The lowest BCUT2D eigenvalue weighted by Gasteiger charge is -2.36. The molecule has 1 atom stereocenters. The quantitative estimate of drug-likeness (QED) is 0.884. The molecule has 3 heterocycles. The first-order valence-corrected chi connectivity index (χ1v) is 9.91. The van der Waals surface area contributed by atoms with Gasteiger partial charge >= 0.3 is 0 Å². The van der Waals surface area contributed by atoms with Crippen molar-refractivity contribution < 1.29 is 4.79 Å². The summed E-state index contributed by atoms with van der Waals surface area (Å²) in [5.74, 6) is 0.122. The molecule has 0 unspecified atom stereocenters. The van der Waals surface area contributed by atoms with Crippen LogP contribution in [0.1, 0.15) is 48.6 Å². The summed E-state index contributed by atoms with van der Waals surface area (Å²) >= 11 is 3.61. The number of amides is 1. The van der Waals surface area contributed by atoms with E-state index in [9.17, 15) is 4.79 Å². The standard InChI is InChI=1S/C18H24N2OS2/c1-4-18(2,3)19-16(21)12-20-9-7-14-13(8-11-23-14)17(20)15-6-5-10-22-15/h5-6,8,10-11,17H,4,7,9,12H2,1-3H3,(H,19,21)/t17-/m0/s1. The van der Waals surface area contributed by atoms with Gasteiger partial charge in [0, 0.05) is 21.8 Å². The van der Waals surface area contributed by atoms with Gasteiger partial charge in [-0.1, -0.05) is 13.0 Å². The normalized spacial score (nSPS) is 18.7. The highest BCUT2D eigenvalue weighted by atomic mass is 32.1. The lowest BCUT2D eigenvalue weighted by atomic mass is 9.98. The van der Waals surface area contributed by atoms with Crippen molar-refractivity contribution in [2.24, 2.45) is 0 Å². The molecule has 2 aromatic rings. The summed E-state index contributed by atoms with van der Waals surface area (Å²) in [5, 5.41) is 7.46. The van der Waals surface area contributed by atoms with Crippen molar-refractivity contribution in [2.75, 3.05) is 13.1 Å². The van der Waals surface area contributed by atoms with Crippen LogP contribution in [-0.2, 0) is 11.2 Å². The lowest BCUT2D eigenvalue weighted by Crippen LogP contribution is -2.49. The fourth-order valence-corrected chi connectivity index (χ4v) is 4.79. The topological polar surface area (TPSA) is 32.3 Å². The second-order valence-electron chi connectivity index (χ2n) is 6.72. The Labute approximate surface area is 146 Å². The lowest BCUT2D eigenvalue weighted by molar-refractivity contribution is -0.124. The molecule has 3 nitrogen and oxygen atoms in total. The highest BCUT2D eigenvalue weighted by molar-refractivity contribution is 7.10. The summed E-state index contributed by atoms with van der Waals surface area (Å²) in [6.07, 6.45) is 1.97. The number of thiophene rings is 2. The molecule has 5 heteroatoms. The smallest absolute Gasteiger partial charge is 0.234 e. The molecule has 124 valence electrons. The zero-order chi connectivity index (χ0) is 16.4. The van der Waals surface area contributed by atoms with Crippen molar-refractivity contribution in [3.05, 3.63) is 44.3 Å². The SMILES string of the molecule is CCC(C)(C)NC(=O)CN1CCc2sccc2[C@H]1c1cccs1. The van der Waals surface area contributed by atoms with Crippen LogP contribution in [0, 0.1) is 0 Å². The molecule has 0 aliphatic carbocycles. The number of hydrogen-bond acceptors (Lipinski definition) is 4. The Kier molecular flexibility index (Phi) is 4.90. The van der Waals surface area contributed by atoms with Gasteiger partial charge in [0.25, 0.3) is 0 Å². The first-order valence-electron chi connectivity index (χ1n) is 8.15. The monoisotopic (exact) mass is 348 g/mol. The third-order valence-electron chi connectivity index (χ3n) is 4.59. The maximum absolute atomic E-state index is 12.5. The van der Waals surface area contributed by atoms with Gasteiger partial charge in [-0.15, -0.1) is 22.7 Å². The summed E-state index contributed by atoms with van der Waals surface area (Å²) in [6, 6.07) is 6.73. The van der Waals surface area contributed by atoms with E-state index in [0.717, 1.165) is 19.4 Å². The van der Waals surface area contributed by atoms with E-state index in [0.29, 0.717) is 6.54 Å². The van der Waals surface area contributed by atoms with Crippen LogP contribution in [0.5, 0.6) is 0 Å². The van der Waals surface area contributed by atoms with Gasteiger partial charge in [0.05, 0.1) is 12.6 Å². The van der Waals surface area contributed by atoms with E-state index in [4.69, 9.17) is 0 Å². The first-order chi connectivity index (χ1) is 11.0. The number of carbonyl (C=O) groups is 1. The third kappa shape index (κ3) is 3.67. The Morgan fingerprint density at radius 1 is 1.35 bits per heavy atom. The van der Waals surface area contributed by atoms with E-state index in [2.05, 4.69) is 59.9 Å². The number of hydrogen-bond donors (Lipinski definition) is 1. The number of rotatable bonds is 5. The molecule has 0 aromatic carbocycles. The minimum Gasteiger partial charge on any atom is -0.350 e. The zero-order valence-electron chi connectivity index (χ0n) is 14.0. The number of fused-ring (bicyclic) bond motifs is 1. The molecule has 0 fully saturated rings. The zero-order valence-corrected chi connectivity index (χ0v) is 15.6. The van der Waals surface area contributed by atoms with Crippen LogP contribution in [-0.4, -0.2) is 29.4 Å². The van der Waals surface area contributed by atoms with Gasteiger partial charge in [-0.05, 0) is 55.1 Å². The van der Waals surface area contributed by atoms with E-state index in [1.165, 1.54) is 15.3 Å². The number of nitrogens with one attached hydrogen (secondary N) is 1.